The largest absolute Gasteiger partial charge is 0.332 e. The maximum absolute atomic E-state index is 12.3. The summed E-state index contributed by atoms with van der Waals surface area (Å²) in [4.78, 5) is 40.7. The number of imidazole rings is 1. The lowest BCUT2D eigenvalue weighted by Crippen LogP contribution is -2.37. The number of para-hydroxylation sites is 1. The number of fused-ring (bicyclic) bond motifs is 1. The predicted molar refractivity (Wildman–Crippen MR) is 93.0 cm³/mol. The Morgan fingerprint density at radius 3 is 2.50 bits per heavy atom. The van der Waals surface area contributed by atoms with Crippen molar-refractivity contribution < 1.29 is 4.79 Å². The van der Waals surface area contributed by atoms with Crippen LogP contribution in [0.15, 0.2) is 44.7 Å². The number of nitrogens with zero attached hydrogens (tertiary/aromatic N) is 4. The van der Waals surface area contributed by atoms with Gasteiger partial charge in [-0.25, -0.2) is 9.78 Å². The minimum atomic E-state index is -0.504. The molecule has 0 aliphatic rings. The zero-order valence-electron chi connectivity index (χ0n) is 13.0. The summed E-state index contributed by atoms with van der Waals surface area (Å²) < 4.78 is 4.07. The van der Waals surface area contributed by atoms with Gasteiger partial charge in [-0.1, -0.05) is 18.2 Å². The molecule has 3 aromatic rings. The second-order valence-corrected chi connectivity index (χ2v) is 5.97. The molecule has 0 saturated carbocycles. The SMILES string of the molecule is Cn1c(=O)c2nc(Br)n(CC(=O)Nc3ccccc3)c2n(C)c1=O. The lowest BCUT2D eigenvalue weighted by atomic mass is 10.3. The molecule has 8 nitrogen and oxygen atoms in total. The Kier molecular flexibility index (Phi) is 4.10. The van der Waals surface area contributed by atoms with Gasteiger partial charge in [0.25, 0.3) is 5.56 Å². The van der Waals surface area contributed by atoms with Crippen molar-refractivity contribution in [3.05, 3.63) is 55.9 Å². The van der Waals surface area contributed by atoms with E-state index in [0.717, 1.165) is 4.57 Å². The Bertz CT molecular complexity index is 1050. The zero-order valence-corrected chi connectivity index (χ0v) is 14.6. The van der Waals surface area contributed by atoms with Gasteiger partial charge in [0.1, 0.15) is 6.54 Å². The summed E-state index contributed by atoms with van der Waals surface area (Å²) in [6.07, 6.45) is 0. The van der Waals surface area contributed by atoms with Crippen LogP contribution in [0.5, 0.6) is 0 Å². The van der Waals surface area contributed by atoms with E-state index in [-0.39, 0.29) is 23.6 Å². The van der Waals surface area contributed by atoms with E-state index in [2.05, 4.69) is 26.2 Å². The highest BCUT2D eigenvalue weighted by Crippen LogP contribution is 2.16. The van der Waals surface area contributed by atoms with E-state index in [4.69, 9.17) is 0 Å². The third kappa shape index (κ3) is 2.67. The van der Waals surface area contributed by atoms with Gasteiger partial charge in [-0.2, -0.15) is 0 Å². The number of carbonyl (C=O) groups excluding carboxylic acids is 1. The average Bonchev–Trinajstić information content (AvgIpc) is 2.88. The minimum absolute atomic E-state index is 0.0908. The number of halogens is 1. The van der Waals surface area contributed by atoms with E-state index in [1.54, 1.807) is 12.1 Å². The fraction of sp³-hybridized carbons (Fsp3) is 0.200. The summed E-state index contributed by atoms with van der Waals surface area (Å²) in [6, 6.07) is 9.01. The van der Waals surface area contributed by atoms with Crippen LogP contribution in [0.1, 0.15) is 0 Å². The van der Waals surface area contributed by atoms with Crippen molar-refractivity contribution >= 4 is 38.7 Å². The highest BCUT2D eigenvalue weighted by atomic mass is 79.9. The Balaban J connectivity index is 2.04. The zero-order chi connectivity index (χ0) is 17.4. The number of benzene rings is 1. The van der Waals surface area contributed by atoms with Crippen molar-refractivity contribution in [2.75, 3.05) is 5.32 Å². The molecule has 1 amide bonds. The van der Waals surface area contributed by atoms with Crippen molar-refractivity contribution in [1.29, 1.82) is 0 Å². The summed E-state index contributed by atoms with van der Waals surface area (Å²) in [6.45, 7) is -0.0908. The second kappa shape index (κ2) is 6.08. The van der Waals surface area contributed by atoms with Crippen LogP contribution in [0.3, 0.4) is 0 Å². The standard InChI is InChI=1S/C15H14BrN5O3/c1-19-12-11(13(23)20(2)15(19)24)18-14(16)21(12)8-10(22)17-9-6-4-3-5-7-9/h3-7H,8H2,1-2H3,(H,17,22). The Morgan fingerprint density at radius 1 is 1.17 bits per heavy atom. The quantitative estimate of drug-likeness (QED) is 0.669. The van der Waals surface area contributed by atoms with E-state index >= 15 is 0 Å². The molecule has 1 N–H and O–H groups in total. The van der Waals surface area contributed by atoms with Gasteiger partial charge in [0.2, 0.25) is 5.91 Å². The first kappa shape index (κ1) is 16.2. The van der Waals surface area contributed by atoms with Crippen molar-refractivity contribution in [2.45, 2.75) is 6.54 Å². The maximum atomic E-state index is 12.3. The Hall–Kier alpha value is -2.68. The van der Waals surface area contributed by atoms with Gasteiger partial charge in [0, 0.05) is 19.8 Å². The highest BCUT2D eigenvalue weighted by Gasteiger charge is 2.19. The first-order valence-electron chi connectivity index (χ1n) is 7.07. The molecule has 1 aromatic carbocycles. The molecule has 0 aliphatic carbocycles. The summed E-state index contributed by atoms with van der Waals surface area (Å²) in [5.41, 5.74) is 0.0886. The third-order valence-electron chi connectivity index (χ3n) is 3.65. The molecular formula is C15H14BrN5O3. The number of anilines is 1. The lowest BCUT2D eigenvalue weighted by molar-refractivity contribution is -0.116. The molecule has 24 heavy (non-hydrogen) atoms. The molecule has 3 rings (SSSR count). The van der Waals surface area contributed by atoms with Crippen LogP contribution in [0.4, 0.5) is 5.69 Å². The summed E-state index contributed by atoms with van der Waals surface area (Å²) >= 11 is 3.25. The van der Waals surface area contributed by atoms with E-state index < -0.39 is 11.2 Å². The normalized spacial score (nSPS) is 11.0. The molecule has 0 unspecified atom stereocenters. The van der Waals surface area contributed by atoms with Gasteiger partial charge in [0.15, 0.2) is 15.9 Å². The number of amides is 1. The molecule has 124 valence electrons. The van der Waals surface area contributed by atoms with Crippen LogP contribution in [0.2, 0.25) is 0 Å². The highest BCUT2D eigenvalue weighted by molar-refractivity contribution is 9.10. The molecule has 0 aliphatic heterocycles. The van der Waals surface area contributed by atoms with Crippen molar-refractivity contribution in [2.24, 2.45) is 14.1 Å². The molecule has 0 atom stereocenters. The number of hydrogen-bond acceptors (Lipinski definition) is 4. The molecular weight excluding hydrogens is 378 g/mol. The van der Waals surface area contributed by atoms with Crippen molar-refractivity contribution in [1.82, 2.24) is 18.7 Å². The number of nitrogens with one attached hydrogen (secondary N) is 1. The Morgan fingerprint density at radius 2 is 1.83 bits per heavy atom. The topological polar surface area (TPSA) is 90.9 Å². The number of aryl methyl sites for hydroxylation is 1. The molecule has 0 spiro atoms. The van der Waals surface area contributed by atoms with Crippen LogP contribution in [-0.2, 0) is 25.4 Å². The predicted octanol–water partition coefficient (Wildman–Crippen LogP) is 0.835. The van der Waals surface area contributed by atoms with Gasteiger partial charge in [-0.15, -0.1) is 0 Å². The van der Waals surface area contributed by atoms with E-state index in [9.17, 15) is 14.4 Å². The van der Waals surface area contributed by atoms with Crippen molar-refractivity contribution in [3.8, 4) is 0 Å². The van der Waals surface area contributed by atoms with Crippen LogP contribution >= 0.6 is 15.9 Å². The van der Waals surface area contributed by atoms with E-state index in [1.165, 1.54) is 23.2 Å². The summed E-state index contributed by atoms with van der Waals surface area (Å²) in [5, 5.41) is 2.75. The Labute approximate surface area is 144 Å². The fourth-order valence-corrected chi connectivity index (χ4v) is 2.94. The number of aromatic nitrogens is 4. The van der Waals surface area contributed by atoms with E-state index in [0.29, 0.717) is 10.4 Å². The van der Waals surface area contributed by atoms with Crippen LogP contribution in [-0.4, -0.2) is 24.6 Å². The summed E-state index contributed by atoms with van der Waals surface area (Å²) in [7, 11) is 2.92. The molecule has 0 radical (unpaired) electrons. The fourth-order valence-electron chi connectivity index (χ4n) is 2.47. The lowest BCUT2D eigenvalue weighted by Gasteiger charge is -2.10. The van der Waals surface area contributed by atoms with Crippen molar-refractivity contribution in [3.63, 3.8) is 0 Å². The molecule has 2 heterocycles. The smallest absolute Gasteiger partial charge is 0.325 e. The van der Waals surface area contributed by atoms with Crippen LogP contribution < -0.4 is 16.6 Å². The van der Waals surface area contributed by atoms with Gasteiger partial charge < -0.3 is 5.32 Å². The van der Waals surface area contributed by atoms with Crippen LogP contribution in [0, 0.1) is 0 Å². The molecule has 9 heteroatoms. The minimum Gasteiger partial charge on any atom is -0.325 e. The molecule has 2 aromatic heterocycles. The summed E-state index contributed by atoms with van der Waals surface area (Å²) in [5.74, 6) is -0.297. The third-order valence-corrected chi connectivity index (χ3v) is 4.26. The van der Waals surface area contributed by atoms with Gasteiger partial charge in [-0.05, 0) is 28.1 Å². The molecule has 0 fully saturated rings. The maximum Gasteiger partial charge on any atom is 0.332 e. The molecule has 0 bridgehead atoms. The average molecular weight is 392 g/mol. The first-order valence-corrected chi connectivity index (χ1v) is 7.86. The van der Waals surface area contributed by atoms with Gasteiger partial charge in [0.05, 0.1) is 0 Å². The van der Waals surface area contributed by atoms with Gasteiger partial charge in [-0.3, -0.25) is 23.3 Å². The van der Waals surface area contributed by atoms with Crippen LogP contribution in [0.25, 0.3) is 11.2 Å². The van der Waals surface area contributed by atoms with E-state index in [1.807, 2.05) is 18.2 Å². The second-order valence-electron chi connectivity index (χ2n) is 5.26. The monoisotopic (exact) mass is 391 g/mol. The molecule has 0 saturated heterocycles. The first-order chi connectivity index (χ1) is 11.4. The number of rotatable bonds is 3. The number of carbonyl (C=O) groups is 1. The number of hydrogen-bond donors (Lipinski definition) is 1. The van der Waals surface area contributed by atoms with Gasteiger partial charge >= 0.3 is 5.69 Å².